The second kappa shape index (κ2) is 8.62. The fourth-order valence-electron chi connectivity index (χ4n) is 2.46. The van der Waals surface area contributed by atoms with E-state index in [-0.39, 0.29) is 18.5 Å². The number of amides is 1. The molecule has 2 rings (SSSR count). The Kier molecular flexibility index (Phi) is 6.53. The van der Waals surface area contributed by atoms with Gasteiger partial charge in [-0.15, -0.1) is 0 Å². The van der Waals surface area contributed by atoms with E-state index in [0.29, 0.717) is 19.1 Å². The molecular formula is C15H27N7O2. The van der Waals surface area contributed by atoms with Crippen LogP contribution in [-0.4, -0.2) is 78.5 Å². The van der Waals surface area contributed by atoms with Crippen molar-refractivity contribution in [2.24, 2.45) is 4.99 Å². The third-order valence-corrected chi connectivity index (χ3v) is 3.77. The van der Waals surface area contributed by atoms with Crippen molar-refractivity contribution in [3.63, 3.8) is 0 Å². The molecule has 1 amide bonds. The van der Waals surface area contributed by atoms with Crippen LogP contribution in [0.4, 0.5) is 0 Å². The molecule has 0 aliphatic carbocycles. The van der Waals surface area contributed by atoms with Crippen LogP contribution < -0.4 is 10.6 Å². The molecule has 1 aromatic rings. The molecule has 0 radical (unpaired) electrons. The molecule has 0 aromatic carbocycles. The molecular weight excluding hydrogens is 310 g/mol. The van der Waals surface area contributed by atoms with Crippen molar-refractivity contribution < 1.29 is 9.53 Å². The lowest BCUT2D eigenvalue weighted by atomic mass is 10.1. The molecule has 0 fully saturated rings. The maximum atomic E-state index is 11.8. The van der Waals surface area contributed by atoms with Crippen LogP contribution in [-0.2, 0) is 22.5 Å². The number of fused-ring (bicyclic) bond motifs is 1. The Hall–Kier alpha value is -2.16. The van der Waals surface area contributed by atoms with Gasteiger partial charge in [0.25, 0.3) is 0 Å². The number of carbonyl (C=O) groups excluding carboxylic acids is 1. The van der Waals surface area contributed by atoms with E-state index in [1.807, 2.05) is 11.6 Å². The molecule has 0 saturated carbocycles. The summed E-state index contributed by atoms with van der Waals surface area (Å²) in [6, 6.07) is 0.196. The SMILES string of the molecule is COCCNC(=NCC(=O)N(C)C)NC1CCc2nc(C)nn2C1. The van der Waals surface area contributed by atoms with Gasteiger partial charge in [-0.3, -0.25) is 4.79 Å². The van der Waals surface area contributed by atoms with Crippen molar-refractivity contribution in [3.8, 4) is 0 Å². The first kappa shape index (κ1) is 18.2. The van der Waals surface area contributed by atoms with E-state index in [1.54, 1.807) is 21.2 Å². The lowest BCUT2D eigenvalue weighted by molar-refractivity contribution is -0.127. The second-order valence-corrected chi connectivity index (χ2v) is 6.01. The summed E-state index contributed by atoms with van der Waals surface area (Å²) in [5.41, 5.74) is 0. The molecule has 1 aliphatic heterocycles. The maximum absolute atomic E-state index is 11.8. The smallest absolute Gasteiger partial charge is 0.243 e. The standard InChI is InChI=1S/C15H27N7O2/c1-11-18-13-6-5-12(10-22(13)20-11)19-15(16-7-8-24-4)17-9-14(23)21(2)3/h12H,5-10H2,1-4H3,(H2,16,17,19). The van der Waals surface area contributed by atoms with Crippen molar-refractivity contribution in [2.45, 2.75) is 32.4 Å². The Morgan fingerprint density at radius 3 is 3.00 bits per heavy atom. The number of carbonyl (C=O) groups is 1. The van der Waals surface area contributed by atoms with Crippen LogP contribution >= 0.6 is 0 Å². The summed E-state index contributed by atoms with van der Waals surface area (Å²) >= 11 is 0. The predicted molar refractivity (Wildman–Crippen MR) is 90.9 cm³/mol. The van der Waals surface area contributed by atoms with Crippen molar-refractivity contribution in [2.75, 3.05) is 40.9 Å². The number of nitrogens with one attached hydrogen (secondary N) is 2. The summed E-state index contributed by atoms with van der Waals surface area (Å²) in [4.78, 5) is 22.1. The van der Waals surface area contributed by atoms with Crippen LogP contribution in [0.3, 0.4) is 0 Å². The van der Waals surface area contributed by atoms with E-state index in [1.165, 1.54) is 4.90 Å². The first-order valence-electron chi connectivity index (χ1n) is 8.14. The lowest BCUT2D eigenvalue weighted by Crippen LogP contribution is -2.48. The van der Waals surface area contributed by atoms with Gasteiger partial charge in [-0.05, 0) is 13.3 Å². The van der Waals surface area contributed by atoms with Crippen molar-refractivity contribution in [1.29, 1.82) is 0 Å². The third kappa shape index (κ3) is 5.19. The molecule has 2 heterocycles. The number of methoxy groups -OCH3 is 1. The summed E-state index contributed by atoms with van der Waals surface area (Å²) in [6.45, 7) is 3.94. The zero-order valence-electron chi connectivity index (χ0n) is 14.9. The largest absolute Gasteiger partial charge is 0.383 e. The van der Waals surface area contributed by atoms with Crippen LogP contribution in [0, 0.1) is 6.92 Å². The topological polar surface area (TPSA) is 96.7 Å². The quantitative estimate of drug-likeness (QED) is 0.400. The van der Waals surface area contributed by atoms with E-state index < -0.39 is 0 Å². The van der Waals surface area contributed by atoms with Crippen LogP contribution in [0.25, 0.3) is 0 Å². The van der Waals surface area contributed by atoms with Crippen molar-refractivity contribution >= 4 is 11.9 Å². The van der Waals surface area contributed by atoms with E-state index >= 15 is 0 Å². The van der Waals surface area contributed by atoms with Crippen molar-refractivity contribution in [3.05, 3.63) is 11.6 Å². The lowest BCUT2D eigenvalue weighted by Gasteiger charge is -2.25. The number of nitrogens with zero attached hydrogens (tertiary/aromatic N) is 5. The Morgan fingerprint density at radius 2 is 2.29 bits per heavy atom. The maximum Gasteiger partial charge on any atom is 0.243 e. The molecule has 9 nitrogen and oxygen atoms in total. The number of aliphatic imine (C=N–C) groups is 1. The van der Waals surface area contributed by atoms with Gasteiger partial charge in [-0.1, -0.05) is 0 Å². The van der Waals surface area contributed by atoms with E-state index in [4.69, 9.17) is 4.74 Å². The summed E-state index contributed by atoms with van der Waals surface area (Å²) in [5, 5.41) is 11.0. The predicted octanol–water partition coefficient (Wildman–Crippen LogP) is -0.829. The Bertz CT molecular complexity index is 582. The van der Waals surface area contributed by atoms with E-state index in [0.717, 1.165) is 31.0 Å². The Morgan fingerprint density at radius 1 is 1.50 bits per heavy atom. The molecule has 1 aromatic heterocycles. The van der Waals surface area contributed by atoms with Gasteiger partial charge < -0.3 is 20.3 Å². The molecule has 1 aliphatic rings. The summed E-state index contributed by atoms with van der Waals surface area (Å²) in [6.07, 6.45) is 1.82. The van der Waals surface area contributed by atoms with Gasteiger partial charge >= 0.3 is 0 Å². The van der Waals surface area contributed by atoms with Gasteiger partial charge in [0.2, 0.25) is 5.91 Å². The highest BCUT2D eigenvalue weighted by molar-refractivity contribution is 5.84. The number of aryl methyl sites for hydroxylation is 2. The average molecular weight is 337 g/mol. The molecule has 1 unspecified atom stereocenters. The molecule has 134 valence electrons. The summed E-state index contributed by atoms with van der Waals surface area (Å²) < 4.78 is 6.99. The van der Waals surface area contributed by atoms with Gasteiger partial charge in [0.05, 0.1) is 13.2 Å². The van der Waals surface area contributed by atoms with Gasteiger partial charge in [0.15, 0.2) is 5.96 Å². The van der Waals surface area contributed by atoms with Gasteiger partial charge in [0, 0.05) is 40.2 Å². The highest BCUT2D eigenvalue weighted by Crippen LogP contribution is 2.12. The Labute approximate surface area is 142 Å². The van der Waals surface area contributed by atoms with Gasteiger partial charge in [0.1, 0.15) is 18.2 Å². The number of guanidine groups is 1. The first-order valence-corrected chi connectivity index (χ1v) is 8.14. The molecule has 2 N–H and O–H groups in total. The zero-order chi connectivity index (χ0) is 17.5. The normalized spacial score (nSPS) is 17.3. The van der Waals surface area contributed by atoms with Gasteiger partial charge in [-0.2, -0.15) is 5.10 Å². The minimum atomic E-state index is -0.0410. The van der Waals surface area contributed by atoms with Crippen LogP contribution in [0.5, 0.6) is 0 Å². The second-order valence-electron chi connectivity index (χ2n) is 6.01. The first-order chi connectivity index (χ1) is 11.5. The average Bonchev–Trinajstić information content (AvgIpc) is 2.91. The highest BCUT2D eigenvalue weighted by Gasteiger charge is 2.21. The molecule has 9 heteroatoms. The molecule has 0 spiro atoms. The van der Waals surface area contributed by atoms with E-state index in [9.17, 15) is 4.79 Å². The number of hydrogen-bond donors (Lipinski definition) is 2. The van der Waals surface area contributed by atoms with Crippen LogP contribution in [0.1, 0.15) is 18.1 Å². The number of ether oxygens (including phenoxy) is 1. The minimum absolute atomic E-state index is 0.0410. The number of hydrogen-bond acceptors (Lipinski definition) is 5. The summed E-state index contributed by atoms with van der Waals surface area (Å²) in [7, 11) is 5.09. The monoisotopic (exact) mass is 337 g/mol. The molecule has 24 heavy (non-hydrogen) atoms. The fraction of sp³-hybridized carbons (Fsp3) is 0.733. The van der Waals surface area contributed by atoms with Crippen LogP contribution in [0.2, 0.25) is 0 Å². The third-order valence-electron chi connectivity index (χ3n) is 3.77. The molecule has 0 saturated heterocycles. The number of aromatic nitrogens is 3. The highest BCUT2D eigenvalue weighted by atomic mass is 16.5. The van der Waals surface area contributed by atoms with Crippen LogP contribution in [0.15, 0.2) is 4.99 Å². The van der Waals surface area contributed by atoms with Crippen molar-refractivity contribution in [1.82, 2.24) is 30.3 Å². The summed E-state index contributed by atoms with van der Waals surface area (Å²) in [5.74, 6) is 2.40. The number of rotatable bonds is 6. The number of likely N-dealkylation sites (N-methyl/N-ethyl adjacent to an activating group) is 1. The fourth-order valence-corrected chi connectivity index (χ4v) is 2.46. The van der Waals surface area contributed by atoms with E-state index in [2.05, 4.69) is 25.7 Å². The zero-order valence-corrected chi connectivity index (χ0v) is 14.9. The minimum Gasteiger partial charge on any atom is -0.383 e. The Balaban J connectivity index is 1.96. The molecule has 1 atom stereocenters. The molecule has 0 bridgehead atoms. The van der Waals surface area contributed by atoms with Gasteiger partial charge in [-0.25, -0.2) is 14.7 Å².